The maximum atomic E-state index is 9.19. The normalized spacial score (nSPS) is 19.4. The fourth-order valence-electron chi connectivity index (χ4n) is 2.78. The summed E-state index contributed by atoms with van der Waals surface area (Å²) in [5, 5.41) is 9.19. The summed E-state index contributed by atoms with van der Waals surface area (Å²) in [6, 6.07) is 6.40. The van der Waals surface area contributed by atoms with Gasteiger partial charge < -0.3 is 15.6 Å². The molecule has 0 aliphatic heterocycles. The van der Waals surface area contributed by atoms with Crippen LogP contribution < -0.4 is 10.5 Å². The van der Waals surface area contributed by atoms with E-state index in [0.717, 1.165) is 12.2 Å². The van der Waals surface area contributed by atoms with Crippen LogP contribution in [0.25, 0.3) is 0 Å². The number of hydrogen-bond acceptors (Lipinski definition) is 3. The van der Waals surface area contributed by atoms with Crippen molar-refractivity contribution in [2.75, 3.05) is 6.61 Å². The Kier molecular flexibility index (Phi) is 4.48. The first-order chi connectivity index (χ1) is 9.00. The van der Waals surface area contributed by atoms with Gasteiger partial charge in [-0.1, -0.05) is 6.07 Å². The minimum Gasteiger partial charge on any atom is -0.491 e. The van der Waals surface area contributed by atoms with E-state index in [1.165, 1.54) is 30.4 Å². The largest absolute Gasteiger partial charge is 0.491 e. The number of aliphatic hydroxyl groups is 1. The van der Waals surface area contributed by atoms with Gasteiger partial charge in [0.1, 0.15) is 5.75 Å². The van der Waals surface area contributed by atoms with E-state index in [4.69, 9.17) is 10.5 Å². The minimum atomic E-state index is -0.576. The SMILES string of the molecule is CC(CC(C)(N)CO)Oc1ccc2c(c1)CCCC2. The number of hydrogen-bond donors (Lipinski definition) is 2. The topological polar surface area (TPSA) is 55.5 Å². The second kappa shape index (κ2) is 5.93. The molecule has 0 saturated heterocycles. The lowest BCUT2D eigenvalue weighted by molar-refractivity contribution is 0.133. The lowest BCUT2D eigenvalue weighted by atomic mass is 9.91. The van der Waals surface area contributed by atoms with E-state index in [1.807, 2.05) is 19.9 Å². The van der Waals surface area contributed by atoms with Gasteiger partial charge in [-0.25, -0.2) is 0 Å². The van der Waals surface area contributed by atoms with Crippen molar-refractivity contribution >= 4 is 0 Å². The molecule has 3 nitrogen and oxygen atoms in total. The average molecular weight is 263 g/mol. The second-order valence-corrected chi connectivity index (χ2v) is 6.08. The lowest BCUT2D eigenvalue weighted by Gasteiger charge is -2.26. The Morgan fingerprint density at radius 2 is 2.00 bits per heavy atom. The molecule has 0 aromatic heterocycles. The molecule has 19 heavy (non-hydrogen) atoms. The van der Waals surface area contributed by atoms with Crippen molar-refractivity contribution in [3.8, 4) is 5.75 Å². The first-order valence-electron chi connectivity index (χ1n) is 7.18. The molecule has 1 aromatic rings. The molecule has 2 rings (SSSR count). The average Bonchev–Trinajstić information content (AvgIpc) is 2.38. The van der Waals surface area contributed by atoms with Crippen LogP contribution in [-0.2, 0) is 12.8 Å². The molecule has 0 spiro atoms. The Morgan fingerprint density at radius 3 is 2.68 bits per heavy atom. The van der Waals surface area contributed by atoms with Crippen molar-refractivity contribution in [3.63, 3.8) is 0 Å². The monoisotopic (exact) mass is 263 g/mol. The van der Waals surface area contributed by atoms with Crippen LogP contribution in [0.1, 0.15) is 44.2 Å². The summed E-state index contributed by atoms with van der Waals surface area (Å²) in [6.45, 7) is 3.82. The molecular weight excluding hydrogens is 238 g/mol. The van der Waals surface area contributed by atoms with Gasteiger partial charge in [0, 0.05) is 12.0 Å². The number of ether oxygens (including phenoxy) is 1. The standard InChI is InChI=1S/C16H25NO2/c1-12(10-16(2,17)11-18)19-15-8-7-13-5-3-4-6-14(13)9-15/h7-9,12,18H,3-6,10-11,17H2,1-2H3. The Labute approximate surface area is 115 Å². The summed E-state index contributed by atoms with van der Waals surface area (Å²) in [7, 11) is 0. The summed E-state index contributed by atoms with van der Waals surface area (Å²) in [4.78, 5) is 0. The van der Waals surface area contributed by atoms with E-state index in [9.17, 15) is 5.11 Å². The van der Waals surface area contributed by atoms with Crippen molar-refractivity contribution in [2.24, 2.45) is 5.73 Å². The van der Waals surface area contributed by atoms with Crippen molar-refractivity contribution in [1.82, 2.24) is 0 Å². The van der Waals surface area contributed by atoms with Gasteiger partial charge in [-0.05, 0) is 62.8 Å². The number of benzene rings is 1. The predicted molar refractivity (Wildman–Crippen MR) is 77.5 cm³/mol. The zero-order valence-electron chi connectivity index (χ0n) is 12.0. The number of nitrogens with two attached hydrogens (primary N) is 1. The zero-order valence-corrected chi connectivity index (χ0v) is 12.0. The Hall–Kier alpha value is -1.06. The van der Waals surface area contributed by atoms with E-state index in [2.05, 4.69) is 12.1 Å². The van der Waals surface area contributed by atoms with Crippen LogP contribution in [0.5, 0.6) is 5.75 Å². The van der Waals surface area contributed by atoms with Crippen molar-refractivity contribution < 1.29 is 9.84 Å². The smallest absolute Gasteiger partial charge is 0.119 e. The third-order valence-corrected chi connectivity index (χ3v) is 3.77. The summed E-state index contributed by atoms with van der Waals surface area (Å²) in [6.07, 6.45) is 5.57. The van der Waals surface area contributed by atoms with Gasteiger partial charge in [-0.3, -0.25) is 0 Å². The van der Waals surface area contributed by atoms with Crippen LogP contribution in [-0.4, -0.2) is 23.4 Å². The van der Waals surface area contributed by atoms with Crippen molar-refractivity contribution in [1.29, 1.82) is 0 Å². The van der Waals surface area contributed by atoms with Crippen LogP contribution in [0.2, 0.25) is 0 Å². The summed E-state index contributed by atoms with van der Waals surface area (Å²) in [5.41, 5.74) is 8.26. The second-order valence-electron chi connectivity index (χ2n) is 6.08. The highest BCUT2D eigenvalue weighted by Gasteiger charge is 2.22. The lowest BCUT2D eigenvalue weighted by Crippen LogP contribution is -2.43. The highest BCUT2D eigenvalue weighted by Crippen LogP contribution is 2.26. The minimum absolute atomic E-state index is 0.00351. The first kappa shape index (κ1) is 14.4. The van der Waals surface area contributed by atoms with Crippen LogP contribution in [0.3, 0.4) is 0 Å². The van der Waals surface area contributed by atoms with Crippen LogP contribution in [0, 0.1) is 0 Å². The van der Waals surface area contributed by atoms with Gasteiger partial charge in [0.25, 0.3) is 0 Å². The fraction of sp³-hybridized carbons (Fsp3) is 0.625. The third-order valence-electron chi connectivity index (χ3n) is 3.77. The molecule has 0 radical (unpaired) electrons. The molecule has 0 fully saturated rings. The van der Waals surface area contributed by atoms with Crippen molar-refractivity contribution in [3.05, 3.63) is 29.3 Å². The van der Waals surface area contributed by atoms with E-state index in [1.54, 1.807) is 0 Å². The quantitative estimate of drug-likeness (QED) is 0.858. The number of rotatable bonds is 5. The van der Waals surface area contributed by atoms with Crippen LogP contribution in [0.15, 0.2) is 18.2 Å². The summed E-state index contributed by atoms with van der Waals surface area (Å²) < 4.78 is 5.93. The van der Waals surface area contributed by atoms with Gasteiger partial charge in [0.05, 0.1) is 12.7 Å². The Morgan fingerprint density at radius 1 is 1.32 bits per heavy atom. The molecule has 1 aliphatic carbocycles. The van der Waals surface area contributed by atoms with Crippen molar-refractivity contribution in [2.45, 2.75) is 57.6 Å². The molecule has 2 unspecified atom stereocenters. The molecule has 3 heteroatoms. The van der Waals surface area contributed by atoms with E-state index in [-0.39, 0.29) is 12.7 Å². The van der Waals surface area contributed by atoms with Gasteiger partial charge in [-0.2, -0.15) is 0 Å². The predicted octanol–water partition coefficient (Wildman–Crippen LogP) is 2.43. The molecule has 2 atom stereocenters. The maximum absolute atomic E-state index is 9.19. The van der Waals surface area contributed by atoms with Gasteiger partial charge in [0.2, 0.25) is 0 Å². The third kappa shape index (κ3) is 3.95. The molecule has 3 N–H and O–H groups in total. The Bertz CT molecular complexity index is 429. The first-order valence-corrected chi connectivity index (χ1v) is 7.18. The maximum Gasteiger partial charge on any atom is 0.119 e. The van der Waals surface area contributed by atoms with Crippen LogP contribution in [0.4, 0.5) is 0 Å². The molecule has 1 aromatic carbocycles. The number of aryl methyl sites for hydroxylation is 2. The zero-order chi connectivity index (χ0) is 13.9. The number of fused-ring (bicyclic) bond motifs is 1. The highest BCUT2D eigenvalue weighted by atomic mass is 16.5. The van der Waals surface area contributed by atoms with E-state index >= 15 is 0 Å². The summed E-state index contributed by atoms with van der Waals surface area (Å²) in [5.74, 6) is 0.918. The van der Waals surface area contributed by atoms with Gasteiger partial charge in [-0.15, -0.1) is 0 Å². The molecule has 0 heterocycles. The molecule has 1 aliphatic rings. The molecule has 0 amide bonds. The summed E-state index contributed by atoms with van der Waals surface area (Å²) >= 11 is 0. The molecule has 106 valence electrons. The van der Waals surface area contributed by atoms with Gasteiger partial charge >= 0.3 is 0 Å². The fourth-order valence-corrected chi connectivity index (χ4v) is 2.78. The molecule has 0 bridgehead atoms. The number of aliphatic hydroxyl groups excluding tert-OH is 1. The van der Waals surface area contributed by atoms with Crippen LogP contribution >= 0.6 is 0 Å². The highest BCUT2D eigenvalue weighted by molar-refractivity contribution is 5.37. The van der Waals surface area contributed by atoms with E-state index < -0.39 is 5.54 Å². The Balaban J connectivity index is 1.99. The molecule has 0 saturated carbocycles. The van der Waals surface area contributed by atoms with E-state index in [0.29, 0.717) is 6.42 Å². The van der Waals surface area contributed by atoms with Gasteiger partial charge in [0.15, 0.2) is 0 Å². The molecular formula is C16H25NO2.